The minimum Gasteiger partial charge on any atom is -0.309 e. The fraction of sp³-hybridized carbons (Fsp3) is 0.179. The smallest absolute Gasteiger partial charge is 0.0540 e. The molecule has 0 N–H and O–H groups in total. The van der Waals surface area contributed by atoms with Crippen molar-refractivity contribution in [2.24, 2.45) is 0 Å². The van der Waals surface area contributed by atoms with Crippen molar-refractivity contribution in [3.8, 4) is 33.4 Å². The zero-order valence-corrected chi connectivity index (χ0v) is 34.5. The van der Waals surface area contributed by atoms with E-state index in [0.29, 0.717) is 5.92 Å². The van der Waals surface area contributed by atoms with Crippen LogP contribution in [0.4, 0.5) is 17.1 Å². The number of rotatable bonds is 7. The topological polar surface area (TPSA) is 3.24 Å². The summed E-state index contributed by atoms with van der Waals surface area (Å²) in [5.41, 5.74) is 13.8. The van der Waals surface area contributed by atoms with E-state index in [1.807, 2.05) is 11.3 Å². The van der Waals surface area contributed by atoms with Crippen LogP contribution in [0.5, 0.6) is 0 Å². The molecule has 10 rings (SSSR count). The van der Waals surface area contributed by atoms with E-state index in [9.17, 15) is 0 Å². The van der Waals surface area contributed by atoms with E-state index >= 15 is 0 Å². The van der Waals surface area contributed by atoms with Crippen molar-refractivity contribution in [3.05, 3.63) is 187 Å². The lowest BCUT2D eigenvalue weighted by Crippen LogP contribution is -2.15. The number of fused-ring (bicyclic) bond motifs is 4. The summed E-state index contributed by atoms with van der Waals surface area (Å²) in [4.78, 5) is 2.52. The summed E-state index contributed by atoms with van der Waals surface area (Å²) in [6, 6.07) is 66.0. The Kier molecular flexibility index (Phi) is 9.46. The Morgan fingerprint density at radius 1 is 0.483 bits per heavy atom. The van der Waals surface area contributed by atoms with Gasteiger partial charge < -0.3 is 4.90 Å². The molecule has 0 amide bonds. The average Bonchev–Trinajstić information content (AvgIpc) is 3.66. The van der Waals surface area contributed by atoms with Crippen molar-refractivity contribution < 1.29 is 0 Å². The molecule has 0 unspecified atom stereocenters. The monoisotopic (exact) mass is 767 g/mol. The number of para-hydroxylation sites is 1. The van der Waals surface area contributed by atoms with Crippen molar-refractivity contribution >= 4 is 59.3 Å². The molecule has 1 heterocycles. The summed E-state index contributed by atoms with van der Waals surface area (Å²) in [7, 11) is 0. The first-order valence-electron chi connectivity index (χ1n) is 21.0. The van der Waals surface area contributed by atoms with Crippen LogP contribution in [0, 0.1) is 0 Å². The van der Waals surface area contributed by atoms with Gasteiger partial charge in [0.25, 0.3) is 0 Å². The number of nitrogens with zero attached hydrogens (tertiary/aromatic N) is 1. The van der Waals surface area contributed by atoms with Crippen molar-refractivity contribution in [2.75, 3.05) is 4.90 Å². The summed E-state index contributed by atoms with van der Waals surface area (Å²) >= 11 is 1.88. The molecule has 1 aliphatic rings. The largest absolute Gasteiger partial charge is 0.309 e. The molecule has 0 saturated heterocycles. The van der Waals surface area contributed by atoms with E-state index in [4.69, 9.17) is 0 Å². The predicted molar refractivity (Wildman–Crippen MR) is 252 cm³/mol. The number of thiophene rings is 1. The first kappa shape index (κ1) is 36.4. The third-order valence-electron chi connectivity index (χ3n) is 12.4. The highest BCUT2D eigenvalue weighted by Gasteiger charge is 2.25. The van der Waals surface area contributed by atoms with Gasteiger partial charge in [-0.2, -0.15) is 0 Å². The molecule has 0 radical (unpaired) electrons. The van der Waals surface area contributed by atoms with Gasteiger partial charge in [0.2, 0.25) is 0 Å². The van der Waals surface area contributed by atoms with Crippen LogP contribution in [-0.4, -0.2) is 0 Å². The molecule has 1 nitrogen and oxygen atoms in total. The maximum Gasteiger partial charge on any atom is 0.0540 e. The fourth-order valence-corrected chi connectivity index (χ4v) is 10.6. The molecule has 9 aromatic rings. The maximum absolute atomic E-state index is 2.52. The van der Waals surface area contributed by atoms with Crippen molar-refractivity contribution in [1.82, 2.24) is 0 Å². The van der Waals surface area contributed by atoms with Crippen LogP contribution in [0.15, 0.2) is 176 Å². The number of hydrogen-bond acceptors (Lipinski definition) is 2. The summed E-state index contributed by atoms with van der Waals surface area (Å²) in [6.07, 6.45) is 6.51. The first-order chi connectivity index (χ1) is 28.4. The molecule has 58 heavy (non-hydrogen) atoms. The second-order valence-electron chi connectivity index (χ2n) is 17.1. The first-order valence-corrected chi connectivity index (χ1v) is 21.9. The SMILES string of the molecule is CC(C)(C)c1ccc(N(c2ccc(-c3cccc4sc5ccccc5c34)cc2)c2ccccc2-c2cccc3cccc(C4CCCCC4)c23)c(-c2ccccc2)c1. The highest BCUT2D eigenvalue weighted by molar-refractivity contribution is 7.25. The third-order valence-corrected chi connectivity index (χ3v) is 13.6. The maximum atomic E-state index is 2.52. The van der Waals surface area contributed by atoms with E-state index in [2.05, 4.69) is 202 Å². The number of hydrogen-bond donors (Lipinski definition) is 0. The van der Waals surface area contributed by atoms with Crippen LogP contribution in [0.2, 0.25) is 0 Å². The van der Waals surface area contributed by atoms with Gasteiger partial charge in [0.15, 0.2) is 0 Å². The lowest BCUT2D eigenvalue weighted by Gasteiger charge is -2.32. The van der Waals surface area contributed by atoms with Crippen LogP contribution in [0.1, 0.15) is 69.9 Å². The number of benzene rings is 8. The highest BCUT2D eigenvalue weighted by Crippen LogP contribution is 2.49. The summed E-state index contributed by atoms with van der Waals surface area (Å²) in [6.45, 7) is 6.93. The van der Waals surface area contributed by atoms with Crippen molar-refractivity contribution in [1.29, 1.82) is 0 Å². The zero-order chi connectivity index (χ0) is 39.2. The summed E-state index contributed by atoms with van der Waals surface area (Å²) in [5.74, 6) is 0.592. The average molecular weight is 768 g/mol. The van der Waals surface area contributed by atoms with Crippen molar-refractivity contribution in [3.63, 3.8) is 0 Å². The van der Waals surface area contributed by atoms with Gasteiger partial charge >= 0.3 is 0 Å². The van der Waals surface area contributed by atoms with E-state index < -0.39 is 0 Å². The molecule has 2 heteroatoms. The van der Waals surface area contributed by atoms with E-state index in [-0.39, 0.29) is 5.41 Å². The normalized spacial score (nSPS) is 13.7. The Morgan fingerprint density at radius 2 is 1.12 bits per heavy atom. The van der Waals surface area contributed by atoms with Gasteiger partial charge in [0.1, 0.15) is 0 Å². The van der Waals surface area contributed by atoms with Gasteiger partial charge in [0, 0.05) is 37.0 Å². The van der Waals surface area contributed by atoms with E-state index in [1.165, 1.54) is 113 Å². The summed E-state index contributed by atoms with van der Waals surface area (Å²) in [5, 5.41) is 5.39. The van der Waals surface area contributed by atoms with Crippen LogP contribution < -0.4 is 4.90 Å². The molecule has 1 aliphatic carbocycles. The standard InChI is InChI=1S/C56H49NS/c1-56(2,3)42-33-36-51(49(37-42)39-19-8-5-9-20-39)57(43-34-31-40(32-35-43)45-26-16-30-53-55(45)48-24-11-13-29-52(48)58-53)50-28-12-10-23-46(50)47-27-15-22-41-21-14-25-44(54(41)47)38-17-6-4-7-18-38/h5,8-16,19-38H,4,6-7,17-18H2,1-3H3. The van der Waals surface area contributed by atoms with Crippen LogP contribution in [0.3, 0.4) is 0 Å². The summed E-state index contributed by atoms with van der Waals surface area (Å²) < 4.78 is 2.66. The fourth-order valence-electron chi connectivity index (χ4n) is 9.50. The van der Waals surface area contributed by atoms with E-state index in [1.54, 1.807) is 0 Å². The molecule has 1 aromatic heterocycles. The molecule has 0 aliphatic heterocycles. The molecule has 0 atom stereocenters. The Labute approximate surface area is 347 Å². The van der Waals surface area contributed by atoms with Gasteiger partial charge in [-0.3, -0.25) is 0 Å². The Bertz CT molecular complexity index is 2900. The van der Waals surface area contributed by atoms with Crippen LogP contribution in [0.25, 0.3) is 64.3 Å². The molecular formula is C56H49NS. The molecule has 0 bridgehead atoms. The Balaban J connectivity index is 1.20. The zero-order valence-electron chi connectivity index (χ0n) is 33.7. The van der Waals surface area contributed by atoms with Gasteiger partial charge in [-0.05, 0) is 111 Å². The van der Waals surface area contributed by atoms with E-state index in [0.717, 1.165) is 11.4 Å². The number of anilines is 3. The highest BCUT2D eigenvalue weighted by atomic mass is 32.1. The molecule has 284 valence electrons. The molecule has 8 aromatic carbocycles. The molecular weight excluding hydrogens is 719 g/mol. The van der Waals surface area contributed by atoms with Crippen LogP contribution >= 0.6 is 11.3 Å². The second-order valence-corrected chi connectivity index (χ2v) is 18.2. The van der Waals surface area contributed by atoms with Gasteiger partial charge in [-0.1, -0.05) is 173 Å². The molecule has 1 fully saturated rings. The molecule has 1 saturated carbocycles. The lowest BCUT2D eigenvalue weighted by atomic mass is 9.80. The van der Waals surface area contributed by atoms with Gasteiger partial charge in [0.05, 0.1) is 11.4 Å². The lowest BCUT2D eigenvalue weighted by molar-refractivity contribution is 0.445. The van der Waals surface area contributed by atoms with Crippen LogP contribution in [-0.2, 0) is 5.41 Å². The quantitative estimate of drug-likeness (QED) is 0.156. The van der Waals surface area contributed by atoms with Gasteiger partial charge in [-0.25, -0.2) is 0 Å². The minimum atomic E-state index is -0.00222. The van der Waals surface area contributed by atoms with Crippen molar-refractivity contribution in [2.45, 2.75) is 64.2 Å². The van der Waals surface area contributed by atoms with Gasteiger partial charge in [-0.15, -0.1) is 11.3 Å². The third kappa shape index (κ3) is 6.60. The predicted octanol–water partition coefficient (Wildman–Crippen LogP) is 17.0. The minimum absolute atomic E-state index is 0.00222. The second kappa shape index (κ2) is 15.1. The Hall–Kier alpha value is -5.96. The Morgan fingerprint density at radius 3 is 1.93 bits per heavy atom. The molecule has 0 spiro atoms.